The Morgan fingerprint density at radius 1 is 0.962 bits per heavy atom. The Hall–Kier alpha value is -2.20. The van der Waals surface area contributed by atoms with Gasteiger partial charge in [-0.25, -0.2) is 0 Å². The topological polar surface area (TPSA) is 41.0 Å². The number of aromatic nitrogens is 1. The molecule has 5 heteroatoms. The second kappa shape index (κ2) is 8.45. The second-order valence-electron chi connectivity index (χ2n) is 6.03. The summed E-state index contributed by atoms with van der Waals surface area (Å²) in [6.45, 7) is 1.59. The summed E-state index contributed by atoms with van der Waals surface area (Å²) >= 11 is 6.22. The fourth-order valence-corrected chi connectivity index (χ4v) is 3.28. The largest absolute Gasteiger partial charge is 0.460 e. The number of aromatic amines is 1. The Bertz CT molecular complexity index is 990. The number of benzene rings is 2. The Balaban J connectivity index is 0.00000196. The van der Waals surface area contributed by atoms with E-state index < -0.39 is 0 Å². The van der Waals surface area contributed by atoms with Crippen molar-refractivity contribution in [1.82, 2.24) is 10.3 Å². The lowest BCUT2D eigenvalue weighted by Gasteiger charge is -2.03. The first kappa shape index (κ1) is 18.6. The smallest absolute Gasteiger partial charge is 0.135 e. The van der Waals surface area contributed by atoms with E-state index in [2.05, 4.69) is 34.7 Å². The van der Waals surface area contributed by atoms with Gasteiger partial charge in [-0.3, -0.25) is 0 Å². The van der Waals surface area contributed by atoms with Gasteiger partial charge in [0.05, 0.1) is 11.6 Å². The van der Waals surface area contributed by atoms with Crippen molar-refractivity contribution < 1.29 is 4.42 Å². The molecule has 0 aliphatic carbocycles. The third-order valence-electron chi connectivity index (χ3n) is 4.35. The van der Waals surface area contributed by atoms with Gasteiger partial charge in [0.15, 0.2) is 0 Å². The lowest BCUT2D eigenvalue weighted by atomic mass is 10.1. The molecular formula is C21H20Cl2N2O. The number of para-hydroxylation sites is 1. The highest BCUT2D eigenvalue weighted by Gasteiger charge is 2.08. The summed E-state index contributed by atoms with van der Waals surface area (Å²) in [7, 11) is 0. The van der Waals surface area contributed by atoms with Crippen LogP contribution in [-0.2, 0) is 13.0 Å². The molecule has 4 aromatic rings. The molecule has 26 heavy (non-hydrogen) atoms. The van der Waals surface area contributed by atoms with E-state index in [1.54, 1.807) is 0 Å². The molecule has 2 aromatic heterocycles. The maximum Gasteiger partial charge on any atom is 0.135 e. The van der Waals surface area contributed by atoms with Crippen molar-refractivity contribution in [3.63, 3.8) is 0 Å². The van der Waals surface area contributed by atoms with Crippen LogP contribution in [0.15, 0.2) is 71.3 Å². The van der Waals surface area contributed by atoms with E-state index in [0.717, 1.165) is 30.0 Å². The van der Waals surface area contributed by atoms with Crippen LogP contribution in [0, 0.1) is 0 Å². The SMILES string of the molecule is Cl.Clc1ccccc1-c1ccc(CNCCc2c[nH]c3ccccc23)o1. The van der Waals surface area contributed by atoms with Gasteiger partial charge >= 0.3 is 0 Å². The molecule has 0 atom stereocenters. The molecule has 0 unspecified atom stereocenters. The van der Waals surface area contributed by atoms with Gasteiger partial charge in [-0.1, -0.05) is 41.9 Å². The standard InChI is InChI=1S/C21H19ClN2O.ClH/c22-19-7-3-1-6-18(19)21-10-9-16(25-21)14-23-12-11-15-13-24-20-8-4-2-5-17(15)20;/h1-10,13,23-24H,11-12,14H2;1H. The maximum absolute atomic E-state index is 6.22. The number of furan rings is 1. The van der Waals surface area contributed by atoms with Crippen molar-refractivity contribution >= 4 is 34.9 Å². The third kappa shape index (κ3) is 3.96. The summed E-state index contributed by atoms with van der Waals surface area (Å²) in [5, 5.41) is 5.44. The van der Waals surface area contributed by atoms with E-state index >= 15 is 0 Å². The first-order valence-corrected chi connectivity index (χ1v) is 8.78. The zero-order chi connectivity index (χ0) is 17.1. The van der Waals surface area contributed by atoms with E-state index in [1.807, 2.05) is 42.5 Å². The Labute approximate surface area is 163 Å². The molecule has 2 heterocycles. The second-order valence-corrected chi connectivity index (χ2v) is 6.44. The zero-order valence-electron chi connectivity index (χ0n) is 14.2. The maximum atomic E-state index is 6.22. The van der Waals surface area contributed by atoms with Crippen molar-refractivity contribution in [2.45, 2.75) is 13.0 Å². The Morgan fingerprint density at radius 2 is 1.77 bits per heavy atom. The van der Waals surface area contributed by atoms with Gasteiger partial charge in [0.2, 0.25) is 0 Å². The van der Waals surface area contributed by atoms with E-state index in [4.69, 9.17) is 16.0 Å². The summed E-state index contributed by atoms with van der Waals surface area (Å²) < 4.78 is 5.90. The van der Waals surface area contributed by atoms with Crippen LogP contribution in [0.5, 0.6) is 0 Å². The number of fused-ring (bicyclic) bond motifs is 1. The number of nitrogens with one attached hydrogen (secondary N) is 2. The molecule has 0 spiro atoms. The van der Waals surface area contributed by atoms with Crippen LogP contribution in [0.1, 0.15) is 11.3 Å². The van der Waals surface area contributed by atoms with Crippen molar-refractivity contribution in [1.29, 1.82) is 0 Å². The first-order chi connectivity index (χ1) is 12.3. The highest BCUT2D eigenvalue weighted by molar-refractivity contribution is 6.33. The quantitative estimate of drug-likeness (QED) is 0.409. The van der Waals surface area contributed by atoms with E-state index in [-0.39, 0.29) is 12.4 Å². The van der Waals surface area contributed by atoms with Gasteiger partial charge in [-0.05, 0) is 48.9 Å². The van der Waals surface area contributed by atoms with Crippen LogP contribution in [-0.4, -0.2) is 11.5 Å². The highest BCUT2D eigenvalue weighted by Crippen LogP contribution is 2.29. The normalized spacial score (nSPS) is 10.8. The number of halogens is 2. The van der Waals surface area contributed by atoms with Gasteiger partial charge in [-0.15, -0.1) is 12.4 Å². The van der Waals surface area contributed by atoms with Crippen LogP contribution < -0.4 is 5.32 Å². The fourth-order valence-electron chi connectivity index (χ4n) is 3.05. The molecule has 2 N–H and O–H groups in total. The number of H-pyrrole nitrogens is 1. The lowest BCUT2D eigenvalue weighted by molar-refractivity contribution is 0.495. The minimum Gasteiger partial charge on any atom is -0.460 e. The summed E-state index contributed by atoms with van der Waals surface area (Å²) in [5.74, 6) is 1.72. The molecule has 0 aliphatic rings. The van der Waals surface area contributed by atoms with Crippen molar-refractivity contribution in [3.8, 4) is 11.3 Å². The van der Waals surface area contributed by atoms with Crippen LogP contribution >= 0.6 is 24.0 Å². The molecule has 4 rings (SSSR count). The molecule has 0 bridgehead atoms. The average Bonchev–Trinajstić information content (AvgIpc) is 3.26. The Kier molecular flexibility index (Phi) is 6.04. The lowest BCUT2D eigenvalue weighted by Crippen LogP contribution is -2.16. The first-order valence-electron chi connectivity index (χ1n) is 8.40. The zero-order valence-corrected chi connectivity index (χ0v) is 15.7. The minimum atomic E-state index is 0. The third-order valence-corrected chi connectivity index (χ3v) is 4.68. The van der Waals surface area contributed by atoms with Crippen LogP contribution in [0.3, 0.4) is 0 Å². The molecule has 3 nitrogen and oxygen atoms in total. The van der Waals surface area contributed by atoms with Crippen molar-refractivity contribution in [2.75, 3.05) is 6.54 Å². The number of rotatable bonds is 6. The van der Waals surface area contributed by atoms with E-state index in [0.29, 0.717) is 11.6 Å². The number of hydrogen-bond donors (Lipinski definition) is 2. The van der Waals surface area contributed by atoms with Crippen molar-refractivity contribution in [2.24, 2.45) is 0 Å². The van der Waals surface area contributed by atoms with Gasteiger partial charge in [0.1, 0.15) is 11.5 Å². The summed E-state index contributed by atoms with van der Waals surface area (Å²) in [6, 6.07) is 20.1. The molecule has 0 fully saturated rings. The predicted octanol–water partition coefficient (Wildman–Crippen LogP) is 5.84. The summed E-state index contributed by atoms with van der Waals surface area (Å²) in [5.41, 5.74) is 3.45. The summed E-state index contributed by atoms with van der Waals surface area (Å²) in [6.07, 6.45) is 3.07. The number of hydrogen-bond acceptors (Lipinski definition) is 2. The summed E-state index contributed by atoms with van der Waals surface area (Å²) in [4.78, 5) is 3.31. The fraction of sp³-hybridized carbons (Fsp3) is 0.143. The molecule has 134 valence electrons. The molecule has 0 aliphatic heterocycles. The van der Waals surface area contributed by atoms with Gasteiger partial charge in [-0.2, -0.15) is 0 Å². The molecule has 0 saturated heterocycles. The molecular weight excluding hydrogens is 367 g/mol. The van der Waals surface area contributed by atoms with E-state index in [9.17, 15) is 0 Å². The molecule has 2 aromatic carbocycles. The predicted molar refractivity (Wildman–Crippen MR) is 110 cm³/mol. The van der Waals surface area contributed by atoms with Crippen LogP contribution in [0.25, 0.3) is 22.2 Å². The molecule has 0 amide bonds. The van der Waals surface area contributed by atoms with Gasteiger partial charge < -0.3 is 14.7 Å². The molecule has 0 saturated carbocycles. The van der Waals surface area contributed by atoms with Crippen LogP contribution in [0.4, 0.5) is 0 Å². The molecule has 0 radical (unpaired) electrons. The van der Waals surface area contributed by atoms with E-state index in [1.165, 1.54) is 16.5 Å². The monoisotopic (exact) mass is 386 g/mol. The Morgan fingerprint density at radius 3 is 2.65 bits per heavy atom. The minimum absolute atomic E-state index is 0. The van der Waals surface area contributed by atoms with Crippen molar-refractivity contribution in [3.05, 3.63) is 83.2 Å². The van der Waals surface area contributed by atoms with Gasteiger partial charge in [0, 0.05) is 22.7 Å². The average molecular weight is 387 g/mol. The van der Waals surface area contributed by atoms with Gasteiger partial charge in [0.25, 0.3) is 0 Å². The van der Waals surface area contributed by atoms with Crippen LogP contribution in [0.2, 0.25) is 5.02 Å². The highest BCUT2D eigenvalue weighted by atomic mass is 35.5.